The van der Waals surface area contributed by atoms with E-state index in [1.54, 1.807) is 31.2 Å². The molecule has 0 heterocycles. The van der Waals surface area contributed by atoms with Crippen molar-refractivity contribution < 1.29 is 19.7 Å². The van der Waals surface area contributed by atoms with Gasteiger partial charge < -0.3 is 14.9 Å². The number of hydrogen-bond donors (Lipinski definition) is 2. The summed E-state index contributed by atoms with van der Waals surface area (Å²) in [5.41, 5.74) is 0. The van der Waals surface area contributed by atoms with Gasteiger partial charge in [-0.15, -0.1) is 0 Å². The Morgan fingerprint density at radius 1 is 1.22 bits per heavy atom. The lowest BCUT2D eigenvalue weighted by Crippen LogP contribution is -2.07. The van der Waals surface area contributed by atoms with Crippen LogP contribution in [0.5, 0.6) is 0 Å². The van der Waals surface area contributed by atoms with Crippen molar-refractivity contribution in [3.63, 3.8) is 0 Å². The minimum absolute atomic E-state index is 0.246. The Bertz CT molecular complexity index is 591. The first-order valence-electron chi connectivity index (χ1n) is 9.96. The van der Waals surface area contributed by atoms with Crippen LogP contribution >= 0.6 is 0 Å². The van der Waals surface area contributed by atoms with E-state index in [-0.39, 0.29) is 5.97 Å². The first-order valence-corrected chi connectivity index (χ1v) is 9.96. The summed E-state index contributed by atoms with van der Waals surface area (Å²) >= 11 is 0. The van der Waals surface area contributed by atoms with Gasteiger partial charge in [0, 0.05) is 18.8 Å². The molecule has 4 nitrogen and oxygen atoms in total. The fraction of sp³-hybridized carbons (Fsp3) is 0.609. The van der Waals surface area contributed by atoms with Crippen molar-refractivity contribution in [2.75, 3.05) is 6.61 Å². The predicted molar refractivity (Wildman–Crippen MR) is 108 cm³/mol. The van der Waals surface area contributed by atoms with Crippen LogP contribution in [-0.2, 0) is 9.53 Å². The molecule has 1 aliphatic carbocycles. The summed E-state index contributed by atoms with van der Waals surface area (Å²) in [5.74, 6) is 12.1. The van der Waals surface area contributed by atoms with Gasteiger partial charge in [0.1, 0.15) is 6.10 Å². The molecule has 0 aromatic carbocycles. The topological polar surface area (TPSA) is 66.8 Å². The van der Waals surface area contributed by atoms with Crippen LogP contribution in [0, 0.1) is 29.6 Å². The Hall–Kier alpha value is -2.01. The van der Waals surface area contributed by atoms with E-state index in [0.29, 0.717) is 38.2 Å². The van der Waals surface area contributed by atoms with E-state index >= 15 is 0 Å². The first kappa shape index (κ1) is 23.0. The molecule has 0 unspecified atom stereocenters. The fourth-order valence-corrected chi connectivity index (χ4v) is 2.81. The molecule has 1 aliphatic rings. The maximum Gasteiger partial charge on any atom is 0.305 e. The molecule has 0 aromatic heterocycles. The summed E-state index contributed by atoms with van der Waals surface area (Å²) in [5, 5.41) is 19.6. The van der Waals surface area contributed by atoms with Gasteiger partial charge in [-0.25, -0.2) is 0 Å². The van der Waals surface area contributed by atoms with Crippen LogP contribution in [0.4, 0.5) is 0 Å². The van der Waals surface area contributed by atoms with Crippen molar-refractivity contribution in [3.05, 3.63) is 24.3 Å². The van der Waals surface area contributed by atoms with Crippen LogP contribution in [-0.4, -0.2) is 35.0 Å². The molecule has 1 fully saturated rings. The molecule has 0 radical (unpaired) electrons. The van der Waals surface area contributed by atoms with Gasteiger partial charge in [-0.1, -0.05) is 61.2 Å². The van der Waals surface area contributed by atoms with E-state index in [1.807, 2.05) is 0 Å². The minimum Gasteiger partial charge on any atom is -0.466 e. The number of aliphatic hydroxyl groups excluding tert-OH is 2. The zero-order chi connectivity index (χ0) is 19.7. The minimum atomic E-state index is -0.756. The third kappa shape index (κ3) is 12.9. The molecule has 1 saturated carbocycles. The van der Waals surface area contributed by atoms with Gasteiger partial charge in [-0.05, 0) is 38.7 Å². The summed E-state index contributed by atoms with van der Waals surface area (Å²) in [6.45, 7) is 2.14. The second kappa shape index (κ2) is 15.1. The van der Waals surface area contributed by atoms with Crippen LogP contribution < -0.4 is 0 Å². The van der Waals surface area contributed by atoms with Gasteiger partial charge in [0.15, 0.2) is 0 Å². The summed E-state index contributed by atoms with van der Waals surface area (Å²) in [6.07, 6.45) is 13.4. The normalized spacial score (nSPS) is 17.0. The quantitative estimate of drug-likeness (QED) is 0.389. The molecule has 0 spiro atoms. The molecule has 2 atom stereocenters. The highest BCUT2D eigenvalue weighted by Crippen LogP contribution is 2.22. The third-order valence-corrected chi connectivity index (χ3v) is 4.26. The summed E-state index contributed by atoms with van der Waals surface area (Å²) in [4.78, 5) is 11.2. The van der Waals surface area contributed by atoms with Crippen molar-refractivity contribution in [2.45, 2.75) is 76.9 Å². The van der Waals surface area contributed by atoms with Gasteiger partial charge >= 0.3 is 5.97 Å². The summed E-state index contributed by atoms with van der Waals surface area (Å²) in [6, 6.07) is 0. The van der Waals surface area contributed by atoms with Crippen LogP contribution in [0.25, 0.3) is 0 Å². The lowest BCUT2D eigenvalue weighted by molar-refractivity contribution is -0.143. The molecule has 27 heavy (non-hydrogen) atoms. The number of esters is 1. The van der Waals surface area contributed by atoms with E-state index in [4.69, 9.17) is 4.74 Å². The molecular formula is C23H32O4. The Morgan fingerprint density at radius 2 is 2.00 bits per heavy atom. The van der Waals surface area contributed by atoms with Crippen LogP contribution in [0.2, 0.25) is 0 Å². The van der Waals surface area contributed by atoms with Gasteiger partial charge in [-0.2, -0.15) is 0 Å². The summed E-state index contributed by atoms with van der Waals surface area (Å²) < 4.78 is 4.82. The zero-order valence-electron chi connectivity index (χ0n) is 16.3. The fourth-order valence-electron chi connectivity index (χ4n) is 2.81. The van der Waals surface area contributed by atoms with Crippen LogP contribution in [0.1, 0.15) is 64.7 Å². The maximum atomic E-state index is 11.2. The Balaban J connectivity index is 2.18. The number of hydrogen-bond acceptors (Lipinski definition) is 4. The Labute approximate surface area is 163 Å². The molecule has 148 valence electrons. The van der Waals surface area contributed by atoms with Crippen molar-refractivity contribution >= 4 is 5.97 Å². The van der Waals surface area contributed by atoms with Gasteiger partial charge in [0.2, 0.25) is 0 Å². The lowest BCUT2D eigenvalue weighted by Gasteiger charge is -2.15. The SMILES string of the molecule is CCOC(=O)CCC[C@H](O)C#C/C=C/C=C/[C@H](O)CC#CC1CCCCC1. The average Bonchev–Trinajstić information content (AvgIpc) is 2.65. The molecule has 0 saturated heterocycles. The predicted octanol–water partition coefficient (Wildman–Crippen LogP) is 3.53. The van der Waals surface area contributed by atoms with E-state index in [2.05, 4.69) is 23.7 Å². The Morgan fingerprint density at radius 3 is 2.74 bits per heavy atom. The number of allylic oxidation sites excluding steroid dienone is 3. The van der Waals surface area contributed by atoms with Gasteiger partial charge in [0.25, 0.3) is 0 Å². The number of rotatable bonds is 8. The van der Waals surface area contributed by atoms with Crippen LogP contribution in [0.15, 0.2) is 24.3 Å². The zero-order valence-corrected chi connectivity index (χ0v) is 16.3. The van der Waals surface area contributed by atoms with Crippen molar-refractivity contribution in [1.82, 2.24) is 0 Å². The maximum absolute atomic E-state index is 11.2. The highest BCUT2D eigenvalue weighted by molar-refractivity contribution is 5.69. The van der Waals surface area contributed by atoms with Crippen LogP contribution in [0.3, 0.4) is 0 Å². The van der Waals surface area contributed by atoms with E-state index in [1.165, 1.54) is 32.1 Å². The number of carbonyl (C=O) groups excluding carboxylic acids is 1. The molecule has 2 N–H and O–H groups in total. The summed E-state index contributed by atoms with van der Waals surface area (Å²) in [7, 11) is 0. The number of ether oxygens (including phenoxy) is 1. The first-order chi connectivity index (χ1) is 13.1. The molecule has 0 amide bonds. The van der Waals surface area contributed by atoms with E-state index in [9.17, 15) is 15.0 Å². The molecular weight excluding hydrogens is 340 g/mol. The standard InChI is InChI=1S/C23H32O4/c1-2-27-23(26)19-11-18-22(25)16-9-4-3-8-15-21(24)17-10-14-20-12-6-5-7-13-20/h3-4,8,15,20-22,24-25H,2,5-7,11-13,17-19H2,1H3/b4-3+,15-8+/t21-,22+/m0/s1. The van der Waals surface area contributed by atoms with Crippen molar-refractivity contribution in [1.29, 1.82) is 0 Å². The Kier molecular flexibility index (Phi) is 12.9. The third-order valence-electron chi connectivity index (χ3n) is 4.26. The highest BCUT2D eigenvalue weighted by atomic mass is 16.5. The van der Waals surface area contributed by atoms with E-state index < -0.39 is 12.2 Å². The number of aliphatic hydroxyl groups is 2. The molecule has 1 rings (SSSR count). The molecule has 0 aromatic rings. The largest absolute Gasteiger partial charge is 0.466 e. The second-order valence-corrected chi connectivity index (χ2v) is 6.67. The number of carbonyl (C=O) groups is 1. The molecule has 0 aliphatic heterocycles. The molecule has 4 heteroatoms. The van der Waals surface area contributed by atoms with Crippen molar-refractivity contribution in [2.24, 2.45) is 5.92 Å². The smallest absolute Gasteiger partial charge is 0.305 e. The van der Waals surface area contributed by atoms with E-state index in [0.717, 1.165) is 0 Å². The monoisotopic (exact) mass is 372 g/mol. The van der Waals surface area contributed by atoms with Gasteiger partial charge in [-0.3, -0.25) is 4.79 Å². The van der Waals surface area contributed by atoms with Crippen molar-refractivity contribution in [3.8, 4) is 23.7 Å². The van der Waals surface area contributed by atoms with Gasteiger partial charge in [0.05, 0.1) is 12.7 Å². The average molecular weight is 373 g/mol. The second-order valence-electron chi connectivity index (χ2n) is 6.67. The molecule has 0 bridgehead atoms. The highest BCUT2D eigenvalue weighted by Gasteiger charge is 2.09. The lowest BCUT2D eigenvalue weighted by atomic mass is 9.90.